The van der Waals surface area contributed by atoms with Gasteiger partial charge in [-0.3, -0.25) is 0 Å². The summed E-state index contributed by atoms with van der Waals surface area (Å²) in [5, 5.41) is 0. The van der Waals surface area contributed by atoms with Crippen LogP contribution in [0.15, 0.2) is 36.9 Å². The lowest BCUT2D eigenvalue weighted by Crippen LogP contribution is -2.33. The summed E-state index contributed by atoms with van der Waals surface area (Å²) in [6, 6.07) is 9.46. The lowest BCUT2D eigenvalue weighted by Gasteiger charge is -2.24. The first kappa shape index (κ1) is 14.0. The van der Waals surface area contributed by atoms with Gasteiger partial charge >= 0.3 is 0 Å². The van der Waals surface area contributed by atoms with E-state index in [1.165, 1.54) is 5.56 Å². The van der Waals surface area contributed by atoms with Gasteiger partial charge < -0.3 is 4.43 Å². The largest absolute Gasteiger partial charge is 0.544 e. The first-order chi connectivity index (χ1) is 7.74. The Morgan fingerprint density at radius 3 is 2.12 bits per heavy atom. The smallest absolute Gasteiger partial charge is 0.248 e. The third-order valence-electron chi connectivity index (χ3n) is 2.75. The molecular weight excluding hydrogens is 224 g/mol. The van der Waals surface area contributed by atoms with E-state index in [0.717, 1.165) is 11.8 Å². The van der Waals surface area contributed by atoms with Crippen molar-refractivity contribution in [3.8, 4) is 5.75 Å². The van der Waals surface area contributed by atoms with Crippen LogP contribution in [0.25, 0.3) is 0 Å². The Kier molecular flexibility index (Phi) is 4.20. The van der Waals surface area contributed by atoms with Gasteiger partial charge in [0.15, 0.2) is 0 Å². The van der Waals surface area contributed by atoms with Crippen molar-refractivity contribution in [2.45, 2.75) is 45.3 Å². The average molecular weight is 248 g/mol. The van der Waals surface area contributed by atoms with Crippen LogP contribution in [0.1, 0.15) is 26.3 Å². The van der Waals surface area contributed by atoms with Crippen molar-refractivity contribution in [3.05, 3.63) is 42.5 Å². The minimum Gasteiger partial charge on any atom is -0.544 e. The lowest BCUT2D eigenvalue weighted by molar-refractivity contribution is 0.548. The van der Waals surface area contributed by atoms with Crippen LogP contribution in [0.3, 0.4) is 0 Å². The van der Waals surface area contributed by atoms with Crippen LogP contribution in [-0.2, 0) is 5.41 Å². The van der Waals surface area contributed by atoms with Crippen molar-refractivity contribution in [2.75, 3.05) is 0 Å². The molecule has 0 radical (unpaired) electrons. The van der Waals surface area contributed by atoms with E-state index in [1.54, 1.807) is 0 Å². The third kappa shape index (κ3) is 4.39. The summed E-state index contributed by atoms with van der Waals surface area (Å²) in [5.41, 5.74) is 1.54. The molecule has 0 bridgehead atoms. The van der Waals surface area contributed by atoms with E-state index >= 15 is 0 Å². The molecule has 0 aromatic heterocycles. The van der Waals surface area contributed by atoms with Crippen molar-refractivity contribution < 1.29 is 4.43 Å². The molecule has 1 rings (SSSR count). The molecule has 94 valence electrons. The number of hydrogen-bond donors (Lipinski definition) is 0. The highest BCUT2D eigenvalue weighted by Crippen LogP contribution is 2.26. The Labute approximate surface area is 107 Å². The second-order valence-corrected chi connectivity index (χ2v) is 10.3. The number of allylic oxidation sites excluding steroid dienone is 1. The van der Waals surface area contributed by atoms with Gasteiger partial charge in [0.05, 0.1) is 0 Å². The fourth-order valence-corrected chi connectivity index (χ4v) is 3.28. The van der Waals surface area contributed by atoms with Crippen molar-refractivity contribution >= 4 is 8.32 Å². The first-order valence-corrected chi connectivity index (χ1v) is 9.27. The molecule has 17 heavy (non-hydrogen) atoms. The van der Waals surface area contributed by atoms with Crippen LogP contribution in [0.4, 0.5) is 0 Å². The molecule has 1 nitrogen and oxygen atoms in total. The van der Waals surface area contributed by atoms with Crippen molar-refractivity contribution in [1.29, 1.82) is 0 Å². The molecular formula is C15H24OSi. The quantitative estimate of drug-likeness (QED) is 0.551. The molecule has 0 fully saturated rings. The standard InChI is InChI=1S/C15H24OSi/c1-7-12-17(5,6)16-14-10-8-13(9-11-14)15(2,3)4/h7-11H,1,12H2,2-6H3. The highest BCUT2D eigenvalue weighted by atomic mass is 28.4. The minimum atomic E-state index is -1.63. The Bertz CT molecular complexity index is 371. The van der Waals surface area contributed by atoms with E-state index in [-0.39, 0.29) is 5.41 Å². The molecule has 1 aromatic carbocycles. The predicted molar refractivity (Wildman–Crippen MR) is 78.3 cm³/mol. The maximum atomic E-state index is 6.08. The summed E-state index contributed by atoms with van der Waals surface area (Å²) in [7, 11) is -1.63. The van der Waals surface area contributed by atoms with E-state index in [1.807, 2.05) is 6.08 Å². The second-order valence-electron chi connectivity index (χ2n) is 6.13. The van der Waals surface area contributed by atoms with Gasteiger partial charge in [0.2, 0.25) is 8.32 Å². The van der Waals surface area contributed by atoms with Crippen molar-refractivity contribution in [3.63, 3.8) is 0 Å². The predicted octanol–water partition coefficient (Wildman–Crippen LogP) is 4.75. The Morgan fingerprint density at radius 2 is 1.71 bits per heavy atom. The van der Waals surface area contributed by atoms with Crippen LogP contribution in [0, 0.1) is 0 Å². The van der Waals surface area contributed by atoms with E-state index < -0.39 is 8.32 Å². The zero-order valence-electron chi connectivity index (χ0n) is 11.7. The summed E-state index contributed by atoms with van der Waals surface area (Å²) in [4.78, 5) is 0. The number of benzene rings is 1. The molecule has 0 aliphatic rings. The summed E-state index contributed by atoms with van der Waals surface area (Å²) in [5.74, 6) is 0.983. The fourth-order valence-electron chi connectivity index (χ4n) is 1.73. The summed E-state index contributed by atoms with van der Waals surface area (Å²) in [6.07, 6.45) is 1.95. The molecule has 0 heterocycles. The molecule has 2 heteroatoms. The number of hydrogen-bond acceptors (Lipinski definition) is 1. The highest BCUT2D eigenvalue weighted by molar-refractivity contribution is 6.72. The molecule has 1 aromatic rings. The molecule has 0 aliphatic heterocycles. The highest BCUT2D eigenvalue weighted by Gasteiger charge is 2.22. The van der Waals surface area contributed by atoms with E-state index in [0.29, 0.717) is 0 Å². The van der Waals surface area contributed by atoms with Crippen LogP contribution < -0.4 is 4.43 Å². The monoisotopic (exact) mass is 248 g/mol. The van der Waals surface area contributed by atoms with Crippen molar-refractivity contribution in [1.82, 2.24) is 0 Å². The van der Waals surface area contributed by atoms with Gasteiger partial charge in [-0.25, -0.2) is 0 Å². The molecule has 0 spiro atoms. The van der Waals surface area contributed by atoms with Gasteiger partial charge in [-0.05, 0) is 42.2 Å². The van der Waals surface area contributed by atoms with Gasteiger partial charge in [0.25, 0.3) is 0 Å². The zero-order chi connectivity index (χ0) is 13.1. The van der Waals surface area contributed by atoms with Crippen molar-refractivity contribution in [2.24, 2.45) is 0 Å². The molecule has 0 N–H and O–H groups in total. The molecule has 0 amide bonds. The van der Waals surface area contributed by atoms with Gasteiger partial charge in [-0.2, -0.15) is 0 Å². The molecule has 0 unspecified atom stereocenters. The summed E-state index contributed by atoms with van der Waals surface area (Å²) < 4.78 is 6.08. The maximum Gasteiger partial charge on any atom is 0.248 e. The second kappa shape index (κ2) is 5.09. The fraction of sp³-hybridized carbons (Fsp3) is 0.467. The topological polar surface area (TPSA) is 9.23 Å². The van der Waals surface area contributed by atoms with E-state index in [2.05, 4.69) is 64.7 Å². The zero-order valence-corrected chi connectivity index (χ0v) is 12.7. The molecule has 0 saturated heterocycles. The van der Waals surface area contributed by atoms with Gasteiger partial charge in [0, 0.05) is 0 Å². The third-order valence-corrected chi connectivity index (χ3v) is 4.81. The average Bonchev–Trinajstić information content (AvgIpc) is 2.16. The van der Waals surface area contributed by atoms with Gasteiger partial charge in [-0.1, -0.05) is 39.0 Å². The molecule has 0 saturated carbocycles. The van der Waals surface area contributed by atoms with Crippen LogP contribution in [-0.4, -0.2) is 8.32 Å². The summed E-state index contributed by atoms with van der Waals surface area (Å²) in [6.45, 7) is 14.9. The lowest BCUT2D eigenvalue weighted by atomic mass is 9.87. The Balaban J connectivity index is 2.79. The Morgan fingerprint density at radius 1 is 1.18 bits per heavy atom. The van der Waals surface area contributed by atoms with E-state index in [9.17, 15) is 0 Å². The van der Waals surface area contributed by atoms with Crippen LogP contribution >= 0.6 is 0 Å². The SMILES string of the molecule is C=CC[Si](C)(C)Oc1ccc(C(C)(C)C)cc1. The molecule has 0 aliphatic carbocycles. The Hall–Kier alpha value is -1.02. The van der Waals surface area contributed by atoms with Gasteiger partial charge in [-0.15, -0.1) is 6.58 Å². The minimum absolute atomic E-state index is 0.201. The van der Waals surface area contributed by atoms with Gasteiger partial charge in [0.1, 0.15) is 5.75 Å². The molecule has 0 atom stereocenters. The van der Waals surface area contributed by atoms with Crippen LogP contribution in [0.5, 0.6) is 5.75 Å². The summed E-state index contributed by atoms with van der Waals surface area (Å²) >= 11 is 0. The van der Waals surface area contributed by atoms with Crippen LogP contribution in [0.2, 0.25) is 19.1 Å². The normalized spacial score (nSPS) is 12.3. The number of rotatable bonds is 4. The van der Waals surface area contributed by atoms with E-state index in [4.69, 9.17) is 4.43 Å². The maximum absolute atomic E-state index is 6.08. The first-order valence-electron chi connectivity index (χ1n) is 6.15.